The van der Waals surface area contributed by atoms with Gasteiger partial charge in [0.05, 0.1) is 11.4 Å². The quantitative estimate of drug-likeness (QED) is 0.480. The van der Waals surface area contributed by atoms with Crippen LogP contribution in [0.15, 0.2) is 48.5 Å². The van der Waals surface area contributed by atoms with Gasteiger partial charge in [-0.1, -0.05) is 43.2 Å². The molecule has 1 atom stereocenters. The number of rotatable bonds is 11. The molecule has 2 amide bonds. The first-order valence-corrected chi connectivity index (χ1v) is 14.4. The number of nitrogens with zero attached hydrogens (tertiary/aromatic N) is 2. The van der Waals surface area contributed by atoms with Crippen molar-refractivity contribution in [1.82, 2.24) is 10.2 Å². The van der Waals surface area contributed by atoms with E-state index in [1.54, 1.807) is 25.1 Å². The van der Waals surface area contributed by atoms with Crippen LogP contribution in [-0.2, 0) is 26.0 Å². The highest BCUT2D eigenvalue weighted by Crippen LogP contribution is 2.36. The van der Waals surface area contributed by atoms with Gasteiger partial charge in [-0.2, -0.15) is 0 Å². The minimum absolute atomic E-state index is 0.0547. The summed E-state index contributed by atoms with van der Waals surface area (Å²) in [7, 11) is -3.80. The third-order valence-electron chi connectivity index (χ3n) is 6.98. The number of ether oxygens (including phenoxy) is 2. The van der Waals surface area contributed by atoms with Crippen LogP contribution >= 0.6 is 0 Å². The average molecular weight is 530 g/mol. The predicted octanol–water partition coefficient (Wildman–Crippen LogP) is 3.09. The monoisotopic (exact) mass is 529 g/mol. The number of carbonyl (C=O) groups excluding carboxylic acids is 2. The van der Waals surface area contributed by atoms with Crippen LogP contribution in [0.2, 0.25) is 0 Å². The molecule has 1 aliphatic carbocycles. The first kappa shape index (κ1) is 26.8. The van der Waals surface area contributed by atoms with Crippen molar-refractivity contribution in [3.63, 3.8) is 0 Å². The van der Waals surface area contributed by atoms with Gasteiger partial charge in [-0.25, -0.2) is 8.42 Å². The van der Waals surface area contributed by atoms with Gasteiger partial charge >= 0.3 is 0 Å². The van der Waals surface area contributed by atoms with E-state index in [0.717, 1.165) is 35.6 Å². The highest BCUT2D eigenvalue weighted by Gasteiger charge is 2.32. The Kier molecular flexibility index (Phi) is 8.58. The Labute approximate surface area is 218 Å². The highest BCUT2D eigenvalue weighted by molar-refractivity contribution is 7.92. The van der Waals surface area contributed by atoms with Gasteiger partial charge in [-0.3, -0.25) is 13.9 Å². The molecule has 0 saturated heterocycles. The third kappa shape index (κ3) is 6.54. The van der Waals surface area contributed by atoms with Crippen molar-refractivity contribution in [2.75, 3.05) is 29.9 Å². The van der Waals surface area contributed by atoms with Crippen molar-refractivity contribution < 1.29 is 27.5 Å². The van der Waals surface area contributed by atoms with Crippen LogP contribution in [0, 0.1) is 0 Å². The maximum absolute atomic E-state index is 13.7. The van der Waals surface area contributed by atoms with E-state index in [2.05, 4.69) is 5.32 Å². The third-order valence-corrected chi connectivity index (χ3v) is 8.72. The number of carbonyl (C=O) groups is 2. The van der Waals surface area contributed by atoms with Crippen molar-refractivity contribution in [2.24, 2.45) is 0 Å². The molecule has 0 aromatic heterocycles. The number of anilines is 1. The maximum atomic E-state index is 13.7. The van der Waals surface area contributed by atoms with Crippen LogP contribution in [0.25, 0.3) is 0 Å². The highest BCUT2D eigenvalue weighted by atomic mass is 32.2. The molecular weight excluding hydrogens is 494 g/mol. The fourth-order valence-corrected chi connectivity index (χ4v) is 5.78. The smallest absolute Gasteiger partial charge is 0.244 e. The second-order valence-corrected chi connectivity index (χ2v) is 11.6. The van der Waals surface area contributed by atoms with E-state index < -0.39 is 28.5 Å². The second kappa shape index (κ2) is 11.9. The molecule has 1 unspecified atom stereocenters. The van der Waals surface area contributed by atoms with Crippen molar-refractivity contribution >= 4 is 27.5 Å². The predicted molar refractivity (Wildman–Crippen MR) is 141 cm³/mol. The van der Waals surface area contributed by atoms with E-state index in [4.69, 9.17) is 9.47 Å². The maximum Gasteiger partial charge on any atom is 0.244 e. The van der Waals surface area contributed by atoms with Crippen LogP contribution < -0.4 is 19.1 Å². The van der Waals surface area contributed by atoms with E-state index in [-0.39, 0.29) is 31.0 Å². The number of hydrogen-bond acceptors (Lipinski definition) is 6. The lowest BCUT2D eigenvalue weighted by atomic mass is 10.1. The Morgan fingerprint density at radius 3 is 2.46 bits per heavy atom. The Morgan fingerprint density at radius 1 is 1.05 bits per heavy atom. The molecular formula is C27H35N3O6S. The molecule has 0 radical (unpaired) electrons. The fourth-order valence-electron chi connectivity index (χ4n) is 4.72. The number of benzene rings is 2. The fraction of sp³-hybridized carbons (Fsp3) is 0.481. The lowest BCUT2D eigenvalue weighted by Crippen LogP contribution is -2.53. The zero-order valence-electron chi connectivity index (χ0n) is 21.4. The molecule has 0 bridgehead atoms. The Hall–Kier alpha value is -3.27. The van der Waals surface area contributed by atoms with Gasteiger partial charge in [-0.05, 0) is 50.8 Å². The number of nitrogens with one attached hydrogen (secondary N) is 1. The van der Waals surface area contributed by atoms with E-state index in [9.17, 15) is 18.0 Å². The lowest BCUT2D eigenvalue weighted by molar-refractivity contribution is -0.139. The summed E-state index contributed by atoms with van der Waals surface area (Å²) in [6.07, 6.45) is 4.56. The SMILES string of the molecule is CCS(=O)(=O)N(CC(=O)N(CCc1ccccc1)C(C)C(=O)NC1CCCC1)c1ccc2c(c1)OCO2. The largest absolute Gasteiger partial charge is 0.454 e. The summed E-state index contributed by atoms with van der Waals surface area (Å²) in [5.41, 5.74) is 1.34. The van der Waals surface area contributed by atoms with Crippen LogP contribution in [0.1, 0.15) is 45.1 Å². The molecule has 37 heavy (non-hydrogen) atoms. The average Bonchev–Trinajstić information content (AvgIpc) is 3.59. The number of sulfonamides is 1. The van der Waals surface area contributed by atoms with Crippen molar-refractivity contribution in [2.45, 2.75) is 58.0 Å². The molecule has 1 fully saturated rings. The van der Waals surface area contributed by atoms with E-state index in [0.29, 0.717) is 23.6 Å². The van der Waals surface area contributed by atoms with Crippen molar-refractivity contribution in [1.29, 1.82) is 0 Å². The summed E-state index contributed by atoms with van der Waals surface area (Å²) < 4.78 is 38.0. The van der Waals surface area contributed by atoms with Crippen LogP contribution in [0.4, 0.5) is 5.69 Å². The number of fused-ring (bicyclic) bond motifs is 1. The zero-order valence-corrected chi connectivity index (χ0v) is 22.2. The van der Waals surface area contributed by atoms with E-state index in [1.165, 1.54) is 11.8 Å². The molecule has 200 valence electrons. The van der Waals surface area contributed by atoms with Gasteiger partial charge in [0, 0.05) is 18.7 Å². The summed E-state index contributed by atoms with van der Waals surface area (Å²) in [4.78, 5) is 28.3. The van der Waals surface area contributed by atoms with Crippen LogP contribution in [-0.4, -0.2) is 62.9 Å². The molecule has 9 nitrogen and oxygen atoms in total. The summed E-state index contributed by atoms with van der Waals surface area (Å²) >= 11 is 0. The minimum atomic E-state index is -3.80. The molecule has 2 aliphatic rings. The molecule has 1 aliphatic heterocycles. The number of hydrogen-bond donors (Lipinski definition) is 1. The molecule has 1 saturated carbocycles. The van der Waals surface area contributed by atoms with Crippen LogP contribution in [0.3, 0.4) is 0 Å². The topological polar surface area (TPSA) is 105 Å². The van der Waals surface area contributed by atoms with E-state index >= 15 is 0 Å². The molecule has 2 aromatic carbocycles. The first-order valence-electron chi connectivity index (χ1n) is 12.8. The summed E-state index contributed by atoms with van der Waals surface area (Å²) in [6, 6.07) is 13.9. The first-order chi connectivity index (χ1) is 17.8. The second-order valence-electron chi connectivity index (χ2n) is 9.43. The number of amides is 2. The molecule has 0 spiro atoms. The minimum Gasteiger partial charge on any atom is -0.454 e. The van der Waals surface area contributed by atoms with Gasteiger partial charge in [-0.15, -0.1) is 0 Å². The van der Waals surface area contributed by atoms with Gasteiger partial charge in [0.1, 0.15) is 12.6 Å². The van der Waals surface area contributed by atoms with Gasteiger partial charge in [0.25, 0.3) is 0 Å². The van der Waals surface area contributed by atoms with E-state index in [1.807, 2.05) is 30.3 Å². The Morgan fingerprint density at radius 2 is 1.76 bits per heavy atom. The van der Waals surface area contributed by atoms with Gasteiger partial charge in [0.15, 0.2) is 11.5 Å². The van der Waals surface area contributed by atoms with Gasteiger partial charge in [0.2, 0.25) is 28.6 Å². The lowest BCUT2D eigenvalue weighted by Gasteiger charge is -2.32. The molecule has 1 heterocycles. The summed E-state index contributed by atoms with van der Waals surface area (Å²) in [5, 5.41) is 3.07. The Balaban J connectivity index is 1.57. The van der Waals surface area contributed by atoms with Crippen LogP contribution in [0.5, 0.6) is 11.5 Å². The Bertz CT molecular complexity index is 1200. The molecule has 4 rings (SSSR count). The molecule has 2 aromatic rings. The standard InChI is InChI=1S/C27H35N3O6S/c1-3-37(33,34)30(23-13-14-24-25(17-23)36-19-35-24)18-26(31)29(16-15-21-9-5-4-6-10-21)20(2)27(32)28-22-11-7-8-12-22/h4-6,9-10,13-14,17,20,22H,3,7-8,11-12,15-16,18-19H2,1-2H3,(H,28,32). The van der Waals surface area contributed by atoms with Gasteiger partial charge < -0.3 is 19.7 Å². The zero-order chi connectivity index (χ0) is 26.4. The molecule has 1 N–H and O–H groups in total. The normalized spacial score (nSPS) is 15.8. The summed E-state index contributed by atoms with van der Waals surface area (Å²) in [5.74, 6) is 0.0919. The summed E-state index contributed by atoms with van der Waals surface area (Å²) in [6.45, 7) is 3.14. The molecule has 10 heteroatoms. The van der Waals surface area contributed by atoms with Crippen molar-refractivity contribution in [3.05, 3.63) is 54.1 Å². The van der Waals surface area contributed by atoms with Crippen molar-refractivity contribution in [3.8, 4) is 11.5 Å².